The fraction of sp³-hybridized carbons (Fsp3) is 0.900. The molecule has 5 unspecified atom stereocenters. The van der Waals surface area contributed by atoms with Gasteiger partial charge < -0.3 is 20.4 Å². The van der Waals surface area contributed by atoms with Crippen LogP contribution in [0.15, 0.2) is 11.6 Å². The molecule has 24 heavy (non-hydrogen) atoms. The normalized spacial score (nSPS) is 48.9. The molecule has 0 amide bonds. The molecular formula is C20H34O4. The van der Waals surface area contributed by atoms with E-state index >= 15 is 0 Å². The Labute approximate surface area is 145 Å². The lowest BCUT2D eigenvalue weighted by Gasteiger charge is -2.62. The maximum absolute atomic E-state index is 10.9. The molecule has 2 fully saturated rings. The molecule has 4 heteroatoms. The largest absolute Gasteiger partial charge is 0.394 e. The Balaban J connectivity index is 2.00. The molecule has 0 aliphatic heterocycles. The van der Waals surface area contributed by atoms with Crippen LogP contribution in [0.3, 0.4) is 0 Å². The van der Waals surface area contributed by atoms with Crippen LogP contribution < -0.4 is 0 Å². The van der Waals surface area contributed by atoms with Crippen molar-refractivity contribution in [3.8, 4) is 0 Å². The number of hydrogen-bond donors (Lipinski definition) is 4. The van der Waals surface area contributed by atoms with Crippen LogP contribution in [0.1, 0.15) is 59.8 Å². The Hall–Kier alpha value is -0.420. The van der Waals surface area contributed by atoms with Gasteiger partial charge in [0.25, 0.3) is 0 Å². The molecule has 3 aliphatic carbocycles. The fourth-order valence-electron chi connectivity index (χ4n) is 6.11. The minimum absolute atomic E-state index is 0.0826. The van der Waals surface area contributed by atoms with Crippen molar-refractivity contribution in [3.63, 3.8) is 0 Å². The molecule has 0 spiro atoms. The van der Waals surface area contributed by atoms with E-state index in [0.717, 1.165) is 31.3 Å². The first-order valence-electron chi connectivity index (χ1n) is 9.44. The Bertz CT molecular complexity index is 528. The summed E-state index contributed by atoms with van der Waals surface area (Å²) in [4.78, 5) is 0. The highest BCUT2D eigenvalue weighted by molar-refractivity contribution is 5.28. The lowest BCUT2D eigenvalue weighted by atomic mass is 9.44. The molecule has 3 rings (SSSR count). The zero-order valence-corrected chi connectivity index (χ0v) is 15.5. The van der Waals surface area contributed by atoms with Crippen molar-refractivity contribution in [2.75, 3.05) is 6.61 Å². The lowest BCUT2D eigenvalue weighted by molar-refractivity contribution is -0.145. The topological polar surface area (TPSA) is 80.9 Å². The molecule has 0 heterocycles. The zero-order valence-electron chi connectivity index (χ0n) is 15.5. The van der Waals surface area contributed by atoms with Crippen LogP contribution in [-0.4, -0.2) is 45.3 Å². The average Bonchev–Trinajstić information content (AvgIpc) is 2.53. The number of rotatable bonds is 2. The van der Waals surface area contributed by atoms with Gasteiger partial charge in [0.1, 0.15) is 0 Å². The quantitative estimate of drug-likeness (QED) is 0.582. The lowest BCUT2D eigenvalue weighted by Crippen LogP contribution is -2.58. The molecule has 3 aliphatic rings. The first-order chi connectivity index (χ1) is 11.1. The number of aliphatic hydroxyl groups is 4. The molecular weight excluding hydrogens is 304 g/mol. The standard InChI is InChI=1S/C20H34O4/c1-18(2)15-9-14(22)12-10-19(3,17(24)11-21)7-5-13(12)20(15,4)8-6-16(18)23/h10,13-17,21-24H,5-9,11H2,1-4H3/t13?,14?,15?,16?,17?,19-,20-/m0/s1. The molecule has 4 N–H and O–H groups in total. The third-order valence-corrected chi connectivity index (χ3v) is 7.95. The van der Waals surface area contributed by atoms with E-state index < -0.39 is 17.6 Å². The number of aliphatic hydroxyl groups excluding tert-OH is 4. The third-order valence-electron chi connectivity index (χ3n) is 7.95. The first kappa shape index (κ1) is 18.4. The van der Waals surface area contributed by atoms with E-state index in [4.69, 9.17) is 0 Å². The van der Waals surface area contributed by atoms with Crippen LogP contribution in [0.25, 0.3) is 0 Å². The van der Waals surface area contributed by atoms with Crippen molar-refractivity contribution in [2.45, 2.75) is 78.1 Å². The van der Waals surface area contributed by atoms with Gasteiger partial charge in [0.05, 0.1) is 24.9 Å². The van der Waals surface area contributed by atoms with E-state index in [0.29, 0.717) is 12.3 Å². The summed E-state index contributed by atoms with van der Waals surface area (Å²) in [6.45, 7) is 8.35. The smallest absolute Gasteiger partial charge is 0.0858 e. The maximum atomic E-state index is 10.9. The van der Waals surface area contributed by atoms with Crippen LogP contribution in [0.4, 0.5) is 0 Å². The van der Waals surface area contributed by atoms with Gasteiger partial charge in [0, 0.05) is 5.41 Å². The SMILES string of the molecule is CC1(C)C(O)CC[C@@]2(C)C3CC[C@](C)(C(O)CO)C=C3C(O)CC12. The van der Waals surface area contributed by atoms with E-state index in [1.807, 2.05) is 6.92 Å². The van der Waals surface area contributed by atoms with Crippen LogP contribution in [0, 0.1) is 28.1 Å². The van der Waals surface area contributed by atoms with Crippen LogP contribution in [0.5, 0.6) is 0 Å². The monoisotopic (exact) mass is 338 g/mol. The summed E-state index contributed by atoms with van der Waals surface area (Å²) in [6.07, 6.45) is 4.68. The summed E-state index contributed by atoms with van der Waals surface area (Å²) in [5.41, 5.74) is 0.487. The van der Waals surface area contributed by atoms with Gasteiger partial charge in [-0.3, -0.25) is 0 Å². The highest BCUT2D eigenvalue weighted by Gasteiger charge is 2.59. The molecule has 0 bridgehead atoms. The Morgan fingerprint density at radius 1 is 1.12 bits per heavy atom. The van der Waals surface area contributed by atoms with E-state index in [2.05, 4.69) is 26.8 Å². The van der Waals surface area contributed by atoms with Gasteiger partial charge in [0.15, 0.2) is 0 Å². The predicted molar refractivity (Wildman–Crippen MR) is 93.2 cm³/mol. The van der Waals surface area contributed by atoms with E-state index in [1.54, 1.807) is 0 Å². The van der Waals surface area contributed by atoms with Crippen LogP contribution in [0.2, 0.25) is 0 Å². The summed E-state index contributed by atoms with van der Waals surface area (Å²) in [7, 11) is 0. The summed E-state index contributed by atoms with van der Waals surface area (Å²) >= 11 is 0. The Kier molecular flexibility index (Phi) is 4.44. The molecule has 0 aromatic rings. The van der Waals surface area contributed by atoms with Gasteiger partial charge in [-0.15, -0.1) is 0 Å². The minimum Gasteiger partial charge on any atom is -0.394 e. The van der Waals surface area contributed by atoms with Gasteiger partial charge in [0.2, 0.25) is 0 Å². The van der Waals surface area contributed by atoms with E-state index in [-0.39, 0.29) is 29.5 Å². The molecule has 0 aromatic heterocycles. The summed E-state index contributed by atoms with van der Waals surface area (Å²) in [6, 6.07) is 0. The van der Waals surface area contributed by atoms with Crippen LogP contribution in [-0.2, 0) is 0 Å². The molecule has 2 saturated carbocycles. The Morgan fingerprint density at radius 3 is 2.42 bits per heavy atom. The van der Waals surface area contributed by atoms with Gasteiger partial charge in [-0.25, -0.2) is 0 Å². The van der Waals surface area contributed by atoms with Gasteiger partial charge >= 0.3 is 0 Å². The molecule has 0 radical (unpaired) electrons. The van der Waals surface area contributed by atoms with Gasteiger partial charge in [-0.1, -0.05) is 33.8 Å². The molecule has 0 saturated heterocycles. The van der Waals surface area contributed by atoms with E-state index in [9.17, 15) is 20.4 Å². The molecule has 0 aromatic carbocycles. The number of hydrogen-bond acceptors (Lipinski definition) is 4. The van der Waals surface area contributed by atoms with Crippen molar-refractivity contribution in [1.29, 1.82) is 0 Å². The van der Waals surface area contributed by atoms with Crippen molar-refractivity contribution in [1.82, 2.24) is 0 Å². The molecule has 138 valence electrons. The summed E-state index contributed by atoms with van der Waals surface area (Å²) in [5.74, 6) is 0.593. The predicted octanol–water partition coefficient (Wildman–Crippen LogP) is 2.25. The summed E-state index contributed by atoms with van der Waals surface area (Å²) < 4.78 is 0. The first-order valence-corrected chi connectivity index (χ1v) is 9.44. The highest BCUT2D eigenvalue weighted by atomic mass is 16.3. The van der Waals surface area contributed by atoms with Crippen molar-refractivity contribution in [3.05, 3.63) is 11.6 Å². The average molecular weight is 338 g/mol. The van der Waals surface area contributed by atoms with Gasteiger partial charge in [-0.05, 0) is 60.3 Å². The highest BCUT2D eigenvalue weighted by Crippen LogP contribution is 2.63. The van der Waals surface area contributed by atoms with Crippen molar-refractivity contribution < 1.29 is 20.4 Å². The second-order valence-corrected chi connectivity index (χ2v) is 9.63. The Morgan fingerprint density at radius 2 is 1.79 bits per heavy atom. The minimum atomic E-state index is -0.784. The van der Waals surface area contributed by atoms with Crippen LogP contribution >= 0.6 is 0 Å². The third kappa shape index (κ3) is 2.49. The summed E-state index contributed by atoms with van der Waals surface area (Å²) in [5, 5.41) is 41.0. The fourth-order valence-corrected chi connectivity index (χ4v) is 6.11. The zero-order chi connectivity index (χ0) is 17.9. The van der Waals surface area contributed by atoms with Gasteiger partial charge in [-0.2, -0.15) is 0 Å². The second kappa shape index (κ2) is 5.80. The molecule has 7 atom stereocenters. The van der Waals surface area contributed by atoms with Crippen molar-refractivity contribution in [2.24, 2.45) is 28.1 Å². The molecule has 4 nitrogen and oxygen atoms in total. The van der Waals surface area contributed by atoms with Crippen molar-refractivity contribution >= 4 is 0 Å². The van der Waals surface area contributed by atoms with E-state index in [1.165, 1.54) is 0 Å². The second-order valence-electron chi connectivity index (χ2n) is 9.63. The number of fused-ring (bicyclic) bond motifs is 3. The maximum Gasteiger partial charge on any atom is 0.0858 e.